The number of rotatable bonds is 12. The summed E-state index contributed by atoms with van der Waals surface area (Å²) in [5.41, 5.74) is 0.852. The molecule has 0 spiro atoms. The molecule has 0 aromatic heterocycles. The second-order valence-electron chi connectivity index (χ2n) is 6.86. The van der Waals surface area contributed by atoms with Crippen LogP contribution in [-0.4, -0.2) is 24.4 Å². The molecule has 1 N–H and O–H groups in total. The molecule has 0 radical (unpaired) electrons. The summed E-state index contributed by atoms with van der Waals surface area (Å²) >= 11 is 0. The van der Waals surface area contributed by atoms with Crippen LogP contribution in [0.3, 0.4) is 0 Å². The van der Waals surface area contributed by atoms with E-state index in [0.717, 1.165) is 12.8 Å². The summed E-state index contributed by atoms with van der Waals surface area (Å²) in [6.07, 6.45) is 12.3. The van der Waals surface area contributed by atoms with Crippen molar-refractivity contribution in [2.24, 2.45) is 0 Å². The summed E-state index contributed by atoms with van der Waals surface area (Å²) in [7, 11) is 0. The van der Waals surface area contributed by atoms with E-state index >= 15 is 0 Å². The highest BCUT2D eigenvalue weighted by Gasteiger charge is 2.27. The van der Waals surface area contributed by atoms with Crippen LogP contribution in [0.25, 0.3) is 0 Å². The Kier molecular flexibility index (Phi) is 8.32. The predicted molar refractivity (Wildman–Crippen MR) is 100 cm³/mol. The van der Waals surface area contributed by atoms with Gasteiger partial charge in [-0.1, -0.05) is 64.7 Å². The van der Waals surface area contributed by atoms with Crippen molar-refractivity contribution in [3.8, 4) is 0 Å². The van der Waals surface area contributed by atoms with Gasteiger partial charge in [-0.3, -0.25) is 14.9 Å². The van der Waals surface area contributed by atoms with Gasteiger partial charge in [-0.15, -0.1) is 0 Å². The fraction of sp³-hybridized carbons (Fsp3) is 0.571. The molecule has 0 fully saturated rings. The highest BCUT2D eigenvalue weighted by Crippen LogP contribution is 2.18. The number of carbonyl (C=O) groups is 3. The Balaban J connectivity index is 1.58. The van der Waals surface area contributed by atoms with Crippen molar-refractivity contribution in [2.75, 3.05) is 6.61 Å². The second-order valence-corrected chi connectivity index (χ2v) is 6.86. The zero-order valence-electron chi connectivity index (χ0n) is 15.6. The van der Waals surface area contributed by atoms with Gasteiger partial charge in [0.2, 0.25) is 0 Å². The first-order chi connectivity index (χ1) is 12.6. The van der Waals surface area contributed by atoms with E-state index in [-0.39, 0.29) is 5.56 Å². The van der Waals surface area contributed by atoms with Crippen LogP contribution < -0.4 is 5.32 Å². The Hall–Kier alpha value is -2.17. The number of imide groups is 1. The molecular formula is C21H29NO4. The summed E-state index contributed by atoms with van der Waals surface area (Å²) in [6, 6.07) is 4.45. The number of carbonyl (C=O) groups excluding carboxylic acids is 3. The lowest BCUT2D eigenvalue weighted by molar-refractivity contribution is 0.0497. The molecule has 1 aromatic carbocycles. The molecule has 2 rings (SSSR count). The van der Waals surface area contributed by atoms with Gasteiger partial charge >= 0.3 is 5.97 Å². The van der Waals surface area contributed by atoms with Crippen molar-refractivity contribution in [2.45, 2.75) is 71.1 Å². The normalized spacial score (nSPS) is 12.8. The van der Waals surface area contributed by atoms with Crippen molar-refractivity contribution in [1.29, 1.82) is 0 Å². The minimum atomic E-state index is -0.464. The van der Waals surface area contributed by atoms with Crippen LogP contribution in [-0.2, 0) is 4.74 Å². The molecule has 0 unspecified atom stereocenters. The molecule has 5 heteroatoms. The second kappa shape index (κ2) is 10.7. The first kappa shape index (κ1) is 20.1. The van der Waals surface area contributed by atoms with Crippen LogP contribution in [0.15, 0.2) is 18.2 Å². The molecule has 0 saturated heterocycles. The molecule has 1 aromatic rings. The molecule has 142 valence electrons. The summed E-state index contributed by atoms with van der Waals surface area (Å²) in [4.78, 5) is 35.2. The van der Waals surface area contributed by atoms with Gasteiger partial charge in [0.15, 0.2) is 0 Å². The lowest BCUT2D eigenvalue weighted by atomic mass is 10.1. The molecule has 0 bridgehead atoms. The molecule has 2 amide bonds. The van der Waals surface area contributed by atoms with E-state index in [1.807, 2.05) is 0 Å². The molecule has 1 aliphatic rings. The van der Waals surface area contributed by atoms with E-state index in [1.165, 1.54) is 69.6 Å². The van der Waals surface area contributed by atoms with Gasteiger partial charge < -0.3 is 4.74 Å². The molecule has 26 heavy (non-hydrogen) atoms. The maximum atomic E-state index is 12.1. The van der Waals surface area contributed by atoms with Gasteiger partial charge in [0.1, 0.15) is 0 Å². The minimum Gasteiger partial charge on any atom is -0.462 e. The van der Waals surface area contributed by atoms with E-state index in [0.29, 0.717) is 17.7 Å². The average molecular weight is 359 g/mol. The Bertz CT molecular complexity index is 639. The molecule has 0 aliphatic carbocycles. The third-order valence-corrected chi connectivity index (χ3v) is 4.70. The fourth-order valence-electron chi connectivity index (χ4n) is 3.13. The molecule has 0 atom stereocenters. The van der Waals surface area contributed by atoms with Gasteiger partial charge in [0.25, 0.3) is 11.8 Å². The Morgan fingerprint density at radius 1 is 0.846 bits per heavy atom. The number of benzene rings is 1. The van der Waals surface area contributed by atoms with Crippen LogP contribution in [0.4, 0.5) is 0 Å². The van der Waals surface area contributed by atoms with Crippen molar-refractivity contribution < 1.29 is 19.1 Å². The molecule has 1 aliphatic heterocycles. The number of unbranched alkanes of at least 4 members (excludes halogenated alkanes) is 9. The Morgan fingerprint density at radius 3 is 2.08 bits per heavy atom. The number of hydrogen-bond donors (Lipinski definition) is 1. The highest BCUT2D eigenvalue weighted by atomic mass is 16.5. The van der Waals surface area contributed by atoms with Crippen molar-refractivity contribution in [3.05, 3.63) is 34.9 Å². The van der Waals surface area contributed by atoms with E-state index in [1.54, 1.807) is 0 Å². The third kappa shape index (κ3) is 5.97. The summed E-state index contributed by atoms with van der Waals surface area (Å²) in [5, 5.41) is 2.21. The largest absolute Gasteiger partial charge is 0.462 e. The van der Waals surface area contributed by atoms with Crippen molar-refractivity contribution in [1.82, 2.24) is 5.32 Å². The van der Waals surface area contributed by atoms with Crippen molar-refractivity contribution >= 4 is 17.8 Å². The van der Waals surface area contributed by atoms with Crippen LogP contribution in [0.1, 0.15) is 102 Å². The van der Waals surface area contributed by atoms with E-state index in [4.69, 9.17) is 4.74 Å². The summed E-state index contributed by atoms with van der Waals surface area (Å²) in [6.45, 7) is 2.62. The summed E-state index contributed by atoms with van der Waals surface area (Å²) in [5.74, 6) is -1.33. The standard InChI is InChI=1S/C21H29NO4/c1-2-3-4-5-6-7-8-9-10-11-14-26-21(25)16-12-13-17-18(15-16)20(24)22-19(17)23/h12-13,15H,2-11,14H2,1H3,(H,22,23,24). The van der Waals surface area contributed by atoms with E-state index < -0.39 is 17.8 Å². The Labute approximate surface area is 155 Å². The monoisotopic (exact) mass is 359 g/mol. The third-order valence-electron chi connectivity index (χ3n) is 4.70. The van der Waals surface area contributed by atoms with E-state index in [9.17, 15) is 14.4 Å². The SMILES string of the molecule is CCCCCCCCCCCCOC(=O)c1ccc2c(c1)C(=O)NC2=O. The van der Waals surface area contributed by atoms with Gasteiger partial charge in [0, 0.05) is 0 Å². The van der Waals surface area contributed by atoms with Gasteiger partial charge in [-0.25, -0.2) is 4.79 Å². The number of amides is 2. The first-order valence-electron chi connectivity index (χ1n) is 9.80. The van der Waals surface area contributed by atoms with Crippen LogP contribution >= 0.6 is 0 Å². The minimum absolute atomic E-state index is 0.239. The van der Waals surface area contributed by atoms with Gasteiger partial charge in [0.05, 0.1) is 23.3 Å². The maximum Gasteiger partial charge on any atom is 0.338 e. The van der Waals surface area contributed by atoms with Crippen LogP contribution in [0.5, 0.6) is 0 Å². The number of ether oxygens (including phenoxy) is 1. The van der Waals surface area contributed by atoms with E-state index in [2.05, 4.69) is 12.2 Å². The van der Waals surface area contributed by atoms with Crippen LogP contribution in [0, 0.1) is 0 Å². The van der Waals surface area contributed by atoms with Crippen LogP contribution in [0.2, 0.25) is 0 Å². The zero-order chi connectivity index (χ0) is 18.8. The topological polar surface area (TPSA) is 72.5 Å². The number of nitrogens with one attached hydrogen (secondary N) is 1. The molecule has 1 heterocycles. The molecular weight excluding hydrogens is 330 g/mol. The average Bonchev–Trinajstić information content (AvgIpc) is 2.93. The number of esters is 1. The lowest BCUT2D eigenvalue weighted by Crippen LogP contribution is -2.19. The van der Waals surface area contributed by atoms with Gasteiger partial charge in [-0.05, 0) is 24.6 Å². The summed E-state index contributed by atoms with van der Waals surface area (Å²) < 4.78 is 5.27. The highest BCUT2D eigenvalue weighted by molar-refractivity contribution is 6.22. The number of fused-ring (bicyclic) bond motifs is 1. The molecule has 5 nitrogen and oxygen atoms in total. The number of hydrogen-bond acceptors (Lipinski definition) is 4. The van der Waals surface area contributed by atoms with Crippen molar-refractivity contribution in [3.63, 3.8) is 0 Å². The van der Waals surface area contributed by atoms with Gasteiger partial charge in [-0.2, -0.15) is 0 Å². The predicted octanol–water partition coefficient (Wildman–Crippen LogP) is 4.65. The quantitative estimate of drug-likeness (QED) is 0.335. The fourth-order valence-corrected chi connectivity index (χ4v) is 3.13. The smallest absolute Gasteiger partial charge is 0.338 e. The first-order valence-corrected chi connectivity index (χ1v) is 9.80. The molecule has 0 saturated carbocycles. The zero-order valence-corrected chi connectivity index (χ0v) is 15.6. The Morgan fingerprint density at radius 2 is 1.42 bits per heavy atom. The maximum absolute atomic E-state index is 12.1. The lowest BCUT2D eigenvalue weighted by Gasteiger charge is -2.06.